The fourth-order valence-corrected chi connectivity index (χ4v) is 4.39. The molecule has 1 saturated heterocycles. The molecule has 0 radical (unpaired) electrons. The third-order valence-corrected chi connectivity index (χ3v) is 5.97. The Morgan fingerprint density at radius 1 is 0.818 bits per heavy atom. The smallest absolute Gasteiger partial charge is 0.295 e. The van der Waals surface area contributed by atoms with E-state index in [0.29, 0.717) is 16.7 Å². The van der Waals surface area contributed by atoms with E-state index in [0.717, 1.165) is 10.8 Å². The maximum absolute atomic E-state index is 13.4. The van der Waals surface area contributed by atoms with Crippen molar-refractivity contribution in [3.05, 3.63) is 125 Å². The van der Waals surface area contributed by atoms with Crippen LogP contribution >= 0.6 is 0 Å². The predicted molar refractivity (Wildman–Crippen MR) is 125 cm³/mol. The number of nitrogens with zero attached hydrogens (tertiary/aromatic N) is 1. The molecule has 162 valence electrons. The number of fused-ring (bicyclic) bond motifs is 1. The number of Topliss-reactive ketones (excluding diaryl/α,β-unsaturated/α-hetero) is 1. The molecule has 1 fully saturated rings. The second kappa shape index (κ2) is 8.36. The van der Waals surface area contributed by atoms with Gasteiger partial charge in [0.15, 0.2) is 0 Å². The van der Waals surface area contributed by atoms with Crippen molar-refractivity contribution in [3.8, 4) is 0 Å². The normalized spacial score (nSPS) is 17.6. The Bertz CT molecular complexity index is 1390. The van der Waals surface area contributed by atoms with Crippen molar-refractivity contribution in [2.24, 2.45) is 0 Å². The van der Waals surface area contributed by atoms with Crippen LogP contribution in [0, 0.1) is 5.82 Å². The Morgan fingerprint density at radius 2 is 1.48 bits per heavy atom. The minimum absolute atomic E-state index is 0.0460. The highest BCUT2D eigenvalue weighted by Crippen LogP contribution is 2.41. The van der Waals surface area contributed by atoms with Crippen LogP contribution in [0.15, 0.2) is 103 Å². The van der Waals surface area contributed by atoms with Crippen molar-refractivity contribution in [2.45, 2.75) is 12.6 Å². The zero-order valence-corrected chi connectivity index (χ0v) is 17.6. The number of hydrogen-bond donors (Lipinski definition) is 1. The van der Waals surface area contributed by atoms with Gasteiger partial charge in [-0.2, -0.15) is 0 Å². The molecule has 0 spiro atoms. The van der Waals surface area contributed by atoms with Gasteiger partial charge in [0.05, 0.1) is 11.6 Å². The Labute approximate surface area is 190 Å². The van der Waals surface area contributed by atoms with Crippen LogP contribution in [0.25, 0.3) is 16.5 Å². The second-order valence-electron chi connectivity index (χ2n) is 7.99. The molecule has 1 aliphatic heterocycles. The quantitative estimate of drug-likeness (QED) is 0.257. The largest absolute Gasteiger partial charge is 0.507 e. The summed E-state index contributed by atoms with van der Waals surface area (Å²) >= 11 is 0. The van der Waals surface area contributed by atoms with Crippen LogP contribution in [-0.4, -0.2) is 21.7 Å². The summed E-state index contributed by atoms with van der Waals surface area (Å²) in [5.74, 6) is -2.02. The molecule has 5 heteroatoms. The first-order valence-corrected chi connectivity index (χ1v) is 10.6. The molecule has 1 atom stereocenters. The summed E-state index contributed by atoms with van der Waals surface area (Å²) < 4.78 is 13.4. The Balaban J connectivity index is 1.69. The highest BCUT2D eigenvalue weighted by Gasteiger charge is 2.46. The van der Waals surface area contributed by atoms with Crippen molar-refractivity contribution in [1.82, 2.24) is 4.90 Å². The Kier molecular flexibility index (Phi) is 5.23. The third-order valence-electron chi connectivity index (χ3n) is 5.97. The van der Waals surface area contributed by atoms with Crippen LogP contribution in [0.4, 0.5) is 4.39 Å². The molecule has 4 aromatic rings. The number of aliphatic hydroxyl groups is 1. The molecular formula is C28H20FNO3. The van der Waals surface area contributed by atoms with E-state index in [4.69, 9.17) is 0 Å². The molecule has 1 unspecified atom stereocenters. The highest BCUT2D eigenvalue weighted by atomic mass is 19.1. The highest BCUT2D eigenvalue weighted by molar-refractivity contribution is 6.46. The van der Waals surface area contributed by atoms with Crippen molar-refractivity contribution in [1.29, 1.82) is 0 Å². The molecule has 1 aliphatic rings. The number of carbonyl (C=O) groups is 2. The lowest BCUT2D eigenvalue weighted by atomic mass is 9.93. The maximum Gasteiger partial charge on any atom is 0.295 e. The zero-order chi connectivity index (χ0) is 22.9. The summed E-state index contributed by atoms with van der Waals surface area (Å²) in [6.07, 6.45) is 0. The van der Waals surface area contributed by atoms with E-state index >= 15 is 0 Å². The number of aliphatic hydroxyl groups excluding tert-OH is 1. The molecule has 5 rings (SSSR count). The lowest BCUT2D eigenvalue weighted by molar-refractivity contribution is -0.140. The SMILES string of the molecule is O=C1C(=O)N(Cc2ccc(F)cc2)C(c2ccccc2)/C1=C(/O)c1cccc2ccccc12. The van der Waals surface area contributed by atoms with Gasteiger partial charge in [-0.1, -0.05) is 84.9 Å². The van der Waals surface area contributed by atoms with Gasteiger partial charge in [0.1, 0.15) is 11.6 Å². The summed E-state index contributed by atoms with van der Waals surface area (Å²) in [6, 6.07) is 27.2. The van der Waals surface area contributed by atoms with Crippen LogP contribution in [0.1, 0.15) is 22.7 Å². The molecule has 0 saturated carbocycles. The zero-order valence-electron chi connectivity index (χ0n) is 17.6. The molecule has 4 aromatic carbocycles. The number of ketones is 1. The molecule has 1 N–H and O–H groups in total. The van der Waals surface area contributed by atoms with Crippen molar-refractivity contribution in [2.75, 3.05) is 0 Å². The van der Waals surface area contributed by atoms with Crippen LogP contribution in [0.3, 0.4) is 0 Å². The summed E-state index contributed by atoms with van der Waals surface area (Å²) in [7, 11) is 0. The van der Waals surface area contributed by atoms with Crippen molar-refractivity contribution >= 4 is 28.2 Å². The minimum Gasteiger partial charge on any atom is -0.507 e. The molecule has 1 heterocycles. The summed E-state index contributed by atoms with van der Waals surface area (Å²) in [5, 5.41) is 13.1. The van der Waals surface area contributed by atoms with Gasteiger partial charge in [-0.05, 0) is 34.0 Å². The van der Waals surface area contributed by atoms with E-state index in [1.807, 2.05) is 66.7 Å². The van der Waals surface area contributed by atoms with Gasteiger partial charge in [-0.3, -0.25) is 9.59 Å². The molecule has 0 aliphatic carbocycles. The molecule has 0 aromatic heterocycles. The summed E-state index contributed by atoms with van der Waals surface area (Å²) in [5.41, 5.74) is 1.93. The maximum atomic E-state index is 13.4. The van der Waals surface area contributed by atoms with E-state index in [1.165, 1.54) is 17.0 Å². The van der Waals surface area contributed by atoms with Crippen molar-refractivity contribution < 1.29 is 19.1 Å². The van der Waals surface area contributed by atoms with Crippen molar-refractivity contribution in [3.63, 3.8) is 0 Å². The van der Waals surface area contributed by atoms with Gasteiger partial charge >= 0.3 is 0 Å². The van der Waals surface area contributed by atoms with E-state index < -0.39 is 17.7 Å². The number of carbonyl (C=O) groups excluding carboxylic acids is 2. The second-order valence-corrected chi connectivity index (χ2v) is 7.99. The van der Waals surface area contributed by atoms with Gasteiger partial charge in [0, 0.05) is 12.1 Å². The van der Waals surface area contributed by atoms with E-state index in [-0.39, 0.29) is 23.7 Å². The average Bonchev–Trinajstić information content (AvgIpc) is 3.10. The molecular weight excluding hydrogens is 417 g/mol. The van der Waals surface area contributed by atoms with Gasteiger partial charge in [-0.15, -0.1) is 0 Å². The average molecular weight is 437 g/mol. The van der Waals surface area contributed by atoms with Crippen LogP contribution < -0.4 is 0 Å². The number of halogens is 1. The van der Waals surface area contributed by atoms with Crippen LogP contribution in [0.5, 0.6) is 0 Å². The van der Waals surface area contributed by atoms with Gasteiger partial charge in [0.25, 0.3) is 11.7 Å². The lowest BCUT2D eigenvalue weighted by Crippen LogP contribution is -2.29. The first kappa shape index (κ1) is 20.6. The van der Waals surface area contributed by atoms with E-state index in [1.54, 1.807) is 18.2 Å². The van der Waals surface area contributed by atoms with E-state index in [9.17, 15) is 19.1 Å². The Hall–Kier alpha value is -4.25. The fraction of sp³-hybridized carbons (Fsp3) is 0.0714. The number of amides is 1. The molecule has 0 bridgehead atoms. The number of likely N-dealkylation sites (tertiary alicyclic amines) is 1. The number of benzene rings is 4. The van der Waals surface area contributed by atoms with Crippen LogP contribution in [0.2, 0.25) is 0 Å². The van der Waals surface area contributed by atoms with Gasteiger partial charge < -0.3 is 10.0 Å². The molecule has 1 amide bonds. The van der Waals surface area contributed by atoms with Gasteiger partial charge in [-0.25, -0.2) is 4.39 Å². The summed E-state index contributed by atoms with van der Waals surface area (Å²) in [6.45, 7) is 0.108. The van der Waals surface area contributed by atoms with Crippen LogP contribution in [-0.2, 0) is 16.1 Å². The number of hydrogen-bond acceptors (Lipinski definition) is 3. The van der Waals surface area contributed by atoms with Gasteiger partial charge in [0.2, 0.25) is 0 Å². The van der Waals surface area contributed by atoms with E-state index in [2.05, 4.69) is 0 Å². The topological polar surface area (TPSA) is 57.6 Å². The fourth-order valence-electron chi connectivity index (χ4n) is 4.39. The Morgan fingerprint density at radius 3 is 2.24 bits per heavy atom. The monoisotopic (exact) mass is 437 g/mol. The molecule has 4 nitrogen and oxygen atoms in total. The molecule has 33 heavy (non-hydrogen) atoms. The minimum atomic E-state index is -0.768. The first-order valence-electron chi connectivity index (χ1n) is 10.6. The standard InChI is InChI=1S/C28H20FNO3/c29-21-15-13-18(14-16-21)17-30-25(20-8-2-1-3-9-20)24(27(32)28(30)33)26(31)23-12-6-10-19-7-4-5-11-22(19)23/h1-16,25,31H,17H2/b26-24-. The lowest BCUT2D eigenvalue weighted by Gasteiger charge is -2.25. The number of rotatable bonds is 4. The first-order chi connectivity index (χ1) is 16.0. The predicted octanol–water partition coefficient (Wildman–Crippen LogP) is 5.60. The summed E-state index contributed by atoms with van der Waals surface area (Å²) in [4.78, 5) is 27.8. The third kappa shape index (κ3) is 3.68.